The van der Waals surface area contributed by atoms with Crippen LogP contribution >= 0.6 is 15.9 Å². The van der Waals surface area contributed by atoms with Crippen molar-refractivity contribution >= 4 is 21.8 Å². The molecule has 0 aliphatic carbocycles. The predicted molar refractivity (Wildman–Crippen MR) is 77.7 cm³/mol. The van der Waals surface area contributed by atoms with Gasteiger partial charge in [-0.2, -0.15) is 0 Å². The molecule has 110 valence electrons. The lowest BCUT2D eigenvalue weighted by molar-refractivity contribution is 0.0119. The third kappa shape index (κ3) is 2.77. The van der Waals surface area contributed by atoms with E-state index in [1.165, 1.54) is 6.26 Å². The van der Waals surface area contributed by atoms with Crippen LogP contribution in [0.2, 0.25) is 0 Å². The van der Waals surface area contributed by atoms with E-state index in [2.05, 4.69) is 27.8 Å². The van der Waals surface area contributed by atoms with Crippen LogP contribution in [0.25, 0.3) is 0 Å². The molecule has 0 aromatic carbocycles. The number of amides is 1. The molecule has 2 aliphatic heterocycles. The van der Waals surface area contributed by atoms with Crippen LogP contribution in [-0.4, -0.2) is 61.1 Å². The predicted octanol–water partition coefficient (Wildman–Crippen LogP) is 1.83. The highest BCUT2D eigenvalue weighted by molar-refractivity contribution is 9.10. The zero-order valence-electron chi connectivity index (χ0n) is 11.5. The van der Waals surface area contributed by atoms with Crippen LogP contribution in [-0.2, 0) is 4.74 Å². The lowest BCUT2D eigenvalue weighted by Crippen LogP contribution is -2.47. The molecule has 0 unspecified atom stereocenters. The van der Waals surface area contributed by atoms with Crippen molar-refractivity contribution in [1.29, 1.82) is 0 Å². The topological polar surface area (TPSA) is 45.9 Å². The van der Waals surface area contributed by atoms with Crippen molar-refractivity contribution in [3.8, 4) is 0 Å². The Kier molecular flexibility index (Phi) is 4.14. The molecule has 0 saturated carbocycles. The average molecular weight is 343 g/mol. The summed E-state index contributed by atoms with van der Waals surface area (Å²) in [6.07, 6.45) is 1.51. The van der Waals surface area contributed by atoms with Gasteiger partial charge in [0.05, 0.1) is 18.8 Å². The number of rotatable bonds is 2. The quantitative estimate of drug-likeness (QED) is 0.822. The smallest absolute Gasteiger partial charge is 0.257 e. The third-order valence-corrected chi connectivity index (χ3v) is 4.60. The maximum atomic E-state index is 12.4. The van der Waals surface area contributed by atoms with Crippen LogP contribution in [0, 0.1) is 5.92 Å². The zero-order valence-corrected chi connectivity index (χ0v) is 13.1. The van der Waals surface area contributed by atoms with Crippen molar-refractivity contribution < 1.29 is 13.9 Å². The highest BCUT2D eigenvalue weighted by Gasteiger charge is 2.37. The van der Waals surface area contributed by atoms with E-state index >= 15 is 0 Å². The highest BCUT2D eigenvalue weighted by Crippen LogP contribution is 2.25. The standard InChI is InChI=1S/C14H19BrN2O3/c1-10-7-17(14(18)11-6-13(15)20-9-11)8-12(10)16-2-4-19-5-3-16/h6,9-10,12H,2-5,7-8H2,1H3/t10-,12-/m1/s1. The van der Waals surface area contributed by atoms with E-state index in [9.17, 15) is 4.79 Å². The van der Waals surface area contributed by atoms with Gasteiger partial charge in [-0.1, -0.05) is 6.92 Å². The molecule has 2 saturated heterocycles. The van der Waals surface area contributed by atoms with Crippen LogP contribution in [0.4, 0.5) is 0 Å². The van der Waals surface area contributed by atoms with E-state index < -0.39 is 0 Å². The number of morpholine rings is 1. The lowest BCUT2D eigenvalue weighted by atomic mass is 10.0. The van der Waals surface area contributed by atoms with E-state index in [4.69, 9.17) is 9.15 Å². The molecule has 1 amide bonds. The van der Waals surface area contributed by atoms with Crippen LogP contribution in [0.1, 0.15) is 17.3 Å². The molecule has 3 rings (SSSR count). The summed E-state index contributed by atoms with van der Waals surface area (Å²) in [6.45, 7) is 7.35. The second kappa shape index (κ2) is 5.87. The number of halogens is 1. The van der Waals surface area contributed by atoms with Crippen molar-refractivity contribution in [2.24, 2.45) is 5.92 Å². The molecule has 2 aliphatic rings. The molecular formula is C14H19BrN2O3. The summed E-state index contributed by atoms with van der Waals surface area (Å²) in [6, 6.07) is 2.17. The molecule has 6 heteroatoms. The monoisotopic (exact) mass is 342 g/mol. The van der Waals surface area contributed by atoms with Crippen LogP contribution in [0.3, 0.4) is 0 Å². The number of hydrogen-bond donors (Lipinski definition) is 0. The molecular weight excluding hydrogens is 324 g/mol. The van der Waals surface area contributed by atoms with Gasteiger partial charge in [0.1, 0.15) is 6.26 Å². The van der Waals surface area contributed by atoms with Gasteiger partial charge < -0.3 is 14.1 Å². The first-order valence-electron chi connectivity index (χ1n) is 7.00. The molecule has 0 bridgehead atoms. The fraction of sp³-hybridized carbons (Fsp3) is 0.643. The Morgan fingerprint density at radius 2 is 2.10 bits per heavy atom. The van der Waals surface area contributed by atoms with Crippen molar-refractivity contribution in [2.45, 2.75) is 13.0 Å². The minimum absolute atomic E-state index is 0.0575. The van der Waals surface area contributed by atoms with Gasteiger partial charge in [0.25, 0.3) is 5.91 Å². The van der Waals surface area contributed by atoms with Crippen molar-refractivity contribution in [1.82, 2.24) is 9.80 Å². The first kappa shape index (κ1) is 14.1. The maximum Gasteiger partial charge on any atom is 0.257 e. The molecule has 2 fully saturated rings. The first-order valence-corrected chi connectivity index (χ1v) is 7.79. The minimum Gasteiger partial charge on any atom is -0.457 e. The number of furan rings is 1. The van der Waals surface area contributed by atoms with Crippen LogP contribution < -0.4 is 0 Å². The summed E-state index contributed by atoms with van der Waals surface area (Å²) in [5, 5.41) is 0. The number of hydrogen-bond acceptors (Lipinski definition) is 4. The van der Waals surface area contributed by atoms with E-state index in [1.54, 1.807) is 6.07 Å². The number of carbonyl (C=O) groups is 1. The maximum absolute atomic E-state index is 12.4. The summed E-state index contributed by atoms with van der Waals surface area (Å²) < 4.78 is 11.2. The summed E-state index contributed by atoms with van der Waals surface area (Å²) >= 11 is 3.24. The Labute approximate surface area is 127 Å². The molecule has 0 spiro atoms. The fourth-order valence-electron chi connectivity index (χ4n) is 3.10. The Morgan fingerprint density at radius 1 is 1.35 bits per heavy atom. The van der Waals surface area contributed by atoms with Crippen molar-refractivity contribution in [2.75, 3.05) is 39.4 Å². The van der Waals surface area contributed by atoms with Gasteiger partial charge in [-0.3, -0.25) is 9.69 Å². The Balaban J connectivity index is 1.66. The molecule has 1 aromatic heterocycles. The van der Waals surface area contributed by atoms with E-state index in [-0.39, 0.29) is 5.91 Å². The van der Waals surface area contributed by atoms with Crippen molar-refractivity contribution in [3.05, 3.63) is 22.6 Å². The zero-order chi connectivity index (χ0) is 14.1. The molecule has 20 heavy (non-hydrogen) atoms. The molecule has 2 atom stereocenters. The summed E-state index contributed by atoms with van der Waals surface area (Å²) in [4.78, 5) is 16.8. The fourth-order valence-corrected chi connectivity index (χ4v) is 3.44. The van der Waals surface area contributed by atoms with Gasteiger partial charge in [0.15, 0.2) is 4.67 Å². The minimum atomic E-state index is 0.0575. The van der Waals surface area contributed by atoms with E-state index in [0.29, 0.717) is 22.2 Å². The second-order valence-corrected chi connectivity index (χ2v) is 6.32. The second-order valence-electron chi connectivity index (χ2n) is 5.54. The summed E-state index contributed by atoms with van der Waals surface area (Å²) in [7, 11) is 0. The SMILES string of the molecule is C[C@@H]1CN(C(=O)c2coc(Br)c2)C[C@H]1N1CCOCC1. The Morgan fingerprint density at radius 3 is 2.75 bits per heavy atom. The summed E-state index contributed by atoms with van der Waals surface area (Å²) in [5.41, 5.74) is 0.617. The highest BCUT2D eigenvalue weighted by atomic mass is 79.9. The van der Waals surface area contributed by atoms with Crippen molar-refractivity contribution in [3.63, 3.8) is 0 Å². The van der Waals surface area contributed by atoms with Crippen LogP contribution in [0.15, 0.2) is 21.4 Å². The Bertz CT molecular complexity index is 485. The molecule has 0 N–H and O–H groups in total. The largest absolute Gasteiger partial charge is 0.457 e. The van der Waals surface area contributed by atoms with Gasteiger partial charge in [-0.25, -0.2) is 0 Å². The number of likely N-dealkylation sites (tertiary alicyclic amines) is 1. The average Bonchev–Trinajstić information content (AvgIpc) is 3.05. The molecule has 3 heterocycles. The lowest BCUT2D eigenvalue weighted by Gasteiger charge is -2.33. The van der Waals surface area contributed by atoms with Gasteiger partial charge in [0.2, 0.25) is 0 Å². The molecule has 0 radical (unpaired) electrons. The van der Waals surface area contributed by atoms with E-state index in [0.717, 1.165) is 39.4 Å². The van der Waals surface area contributed by atoms with Gasteiger partial charge in [-0.15, -0.1) is 0 Å². The van der Waals surface area contributed by atoms with Gasteiger partial charge in [0, 0.05) is 38.3 Å². The Hall–Kier alpha value is -0.850. The van der Waals surface area contributed by atoms with Gasteiger partial charge >= 0.3 is 0 Å². The first-order chi connectivity index (χ1) is 9.65. The number of carbonyl (C=O) groups excluding carboxylic acids is 1. The van der Waals surface area contributed by atoms with E-state index in [1.807, 2.05) is 4.90 Å². The van der Waals surface area contributed by atoms with Gasteiger partial charge in [-0.05, 0) is 21.8 Å². The normalized spacial score (nSPS) is 28.0. The van der Waals surface area contributed by atoms with Crippen LogP contribution in [0.5, 0.6) is 0 Å². The molecule has 5 nitrogen and oxygen atoms in total. The number of nitrogens with zero attached hydrogens (tertiary/aromatic N) is 2. The third-order valence-electron chi connectivity index (χ3n) is 4.19. The summed E-state index contributed by atoms with van der Waals surface area (Å²) in [5.74, 6) is 0.550. The molecule has 1 aromatic rings. The number of ether oxygens (including phenoxy) is 1.